The highest BCUT2D eigenvalue weighted by Gasteiger charge is 2.20. The number of aliphatic hydroxyl groups excluding tert-OH is 1. The third kappa shape index (κ3) is 3.79. The average Bonchev–Trinajstić information content (AvgIpc) is 2.79. The summed E-state index contributed by atoms with van der Waals surface area (Å²) in [6, 6.07) is 1.91. The van der Waals surface area contributed by atoms with Crippen LogP contribution in [0, 0.1) is 27.7 Å². The predicted octanol–water partition coefficient (Wildman–Crippen LogP) is 1.28. The summed E-state index contributed by atoms with van der Waals surface area (Å²) < 4.78 is 1.69. The molecule has 1 N–H and O–H groups in total. The molecule has 0 saturated heterocycles. The molecule has 0 aliphatic heterocycles. The lowest BCUT2D eigenvalue weighted by molar-refractivity contribution is -0.130. The zero-order valence-corrected chi connectivity index (χ0v) is 15.0. The highest BCUT2D eigenvalue weighted by atomic mass is 16.3. The van der Waals surface area contributed by atoms with Crippen molar-refractivity contribution in [3.05, 3.63) is 34.4 Å². The van der Waals surface area contributed by atoms with Gasteiger partial charge in [-0.2, -0.15) is 5.10 Å². The number of hydrogen-bond acceptors (Lipinski definition) is 5. The number of aromatic nitrogens is 4. The molecule has 130 valence electrons. The number of carbonyl (C=O) groups is 1. The third-order valence-corrected chi connectivity index (χ3v) is 4.03. The topological polar surface area (TPSA) is 84.1 Å². The molecule has 0 unspecified atom stereocenters. The molecule has 0 atom stereocenters. The van der Waals surface area contributed by atoms with Crippen LogP contribution in [0.25, 0.3) is 5.95 Å². The van der Waals surface area contributed by atoms with Crippen molar-refractivity contribution in [2.45, 2.75) is 41.0 Å². The van der Waals surface area contributed by atoms with Crippen LogP contribution in [-0.2, 0) is 11.2 Å². The van der Waals surface area contributed by atoms with E-state index in [9.17, 15) is 4.79 Å². The summed E-state index contributed by atoms with van der Waals surface area (Å²) in [4.78, 5) is 23.0. The van der Waals surface area contributed by atoms with Gasteiger partial charge in [0.2, 0.25) is 5.91 Å². The number of aryl methyl sites for hydroxylation is 3. The molecule has 2 heterocycles. The highest BCUT2D eigenvalue weighted by Crippen LogP contribution is 2.18. The van der Waals surface area contributed by atoms with Gasteiger partial charge in [-0.1, -0.05) is 0 Å². The molecule has 1 amide bonds. The van der Waals surface area contributed by atoms with Crippen molar-refractivity contribution in [2.75, 3.05) is 19.7 Å². The lowest BCUT2D eigenvalue weighted by atomic mass is 10.1. The normalized spacial score (nSPS) is 10.9. The van der Waals surface area contributed by atoms with E-state index in [1.807, 2.05) is 40.7 Å². The summed E-state index contributed by atoms with van der Waals surface area (Å²) >= 11 is 0. The van der Waals surface area contributed by atoms with E-state index in [1.165, 1.54) is 0 Å². The molecule has 0 radical (unpaired) electrons. The molecule has 0 aliphatic rings. The molecule has 2 rings (SSSR count). The van der Waals surface area contributed by atoms with Crippen LogP contribution in [0.15, 0.2) is 6.07 Å². The van der Waals surface area contributed by atoms with E-state index in [0.29, 0.717) is 19.0 Å². The molecule has 0 bridgehead atoms. The van der Waals surface area contributed by atoms with Crippen LogP contribution in [-0.4, -0.2) is 55.4 Å². The maximum atomic E-state index is 12.4. The van der Waals surface area contributed by atoms with Gasteiger partial charge in [0.15, 0.2) is 0 Å². The lowest BCUT2D eigenvalue weighted by Gasteiger charge is -2.19. The summed E-state index contributed by atoms with van der Waals surface area (Å²) in [6.45, 7) is 10.4. The van der Waals surface area contributed by atoms with E-state index in [2.05, 4.69) is 15.1 Å². The third-order valence-electron chi connectivity index (χ3n) is 4.03. The van der Waals surface area contributed by atoms with E-state index < -0.39 is 0 Å². The van der Waals surface area contributed by atoms with Gasteiger partial charge in [-0.05, 0) is 40.7 Å². The van der Waals surface area contributed by atoms with Crippen LogP contribution in [0.1, 0.15) is 35.3 Å². The lowest BCUT2D eigenvalue weighted by Crippen LogP contribution is -2.34. The van der Waals surface area contributed by atoms with E-state index in [-0.39, 0.29) is 18.9 Å². The summed E-state index contributed by atoms with van der Waals surface area (Å²) in [7, 11) is 0. The first-order chi connectivity index (χ1) is 11.4. The number of amides is 1. The van der Waals surface area contributed by atoms with Gasteiger partial charge in [0.25, 0.3) is 5.95 Å². The Morgan fingerprint density at radius 2 is 1.83 bits per heavy atom. The van der Waals surface area contributed by atoms with Crippen LogP contribution in [0.5, 0.6) is 0 Å². The first kappa shape index (κ1) is 18.1. The van der Waals surface area contributed by atoms with Gasteiger partial charge in [-0.3, -0.25) is 4.79 Å². The van der Waals surface area contributed by atoms with Gasteiger partial charge in [-0.15, -0.1) is 0 Å². The van der Waals surface area contributed by atoms with E-state index in [0.717, 1.165) is 28.3 Å². The van der Waals surface area contributed by atoms with Crippen LogP contribution in [0.4, 0.5) is 0 Å². The number of likely N-dealkylation sites (N-methyl/N-ethyl adjacent to an activating group) is 1. The van der Waals surface area contributed by atoms with Crippen molar-refractivity contribution in [2.24, 2.45) is 0 Å². The summed E-state index contributed by atoms with van der Waals surface area (Å²) in [5.74, 6) is 0.508. The maximum Gasteiger partial charge on any atom is 0.251 e. The minimum absolute atomic E-state index is 0.0151. The number of aliphatic hydroxyl groups is 1. The maximum absolute atomic E-state index is 12.4. The fourth-order valence-electron chi connectivity index (χ4n) is 2.77. The van der Waals surface area contributed by atoms with E-state index in [1.54, 1.807) is 9.58 Å². The Hall–Kier alpha value is -2.28. The van der Waals surface area contributed by atoms with Gasteiger partial charge in [-0.25, -0.2) is 14.6 Å². The molecule has 2 aromatic rings. The second kappa shape index (κ2) is 7.53. The Balaban J connectivity index is 2.34. The summed E-state index contributed by atoms with van der Waals surface area (Å²) in [5.41, 5.74) is 4.30. The van der Waals surface area contributed by atoms with Gasteiger partial charge in [0.05, 0.1) is 18.7 Å². The SMILES string of the molecule is CCN(CCO)C(=O)Cc1c(C)nn(-c2nc(C)cc(C)n2)c1C. The van der Waals surface area contributed by atoms with Crippen molar-refractivity contribution in [1.29, 1.82) is 0 Å². The van der Waals surface area contributed by atoms with Gasteiger partial charge >= 0.3 is 0 Å². The number of rotatable bonds is 6. The fourth-order valence-corrected chi connectivity index (χ4v) is 2.77. The second-order valence-corrected chi connectivity index (χ2v) is 5.89. The summed E-state index contributed by atoms with van der Waals surface area (Å²) in [6.07, 6.45) is 0.260. The van der Waals surface area contributed by atoms with Gasteiger partial charge in [0, 0.05) is 35.7 Å². The van der Waals surface area contributed by atoms with Crippen LogP contribution in [0.3, 0.4) is 0 Å². The van der Waals surface area contributed by atoms with E-state index in [4.69, 9.17) is 5.11 Å². The highest BCUT2D eigenvalue weighted by molar-refractivity contribution is 5.79. The minimum Gasteiger partial charge on any atom is -0.395 e. The first-order valence-electron chi connectivity index (χ1n) is 8.13. The number of hydrogen-bond donors (Lipinski definition) is 1. The minimum atomic E-state index is -0.0345. The van der Waals surface area contributed by atoms with Crippen molar-refractivity contribution in [3.63, 3.8) is 0 Å². The molecule has 0 aromatic carbocycles. The quantitative estimate of drug-likeness (QED) is 0.862. The number of carbonyl (C=O) groups excluding carboxylic acids is 1. The Labute approximate surface area is 142 Å². The standard InChI is InChI=1S/C17H25N5O2/c1-6-21(7-8-23)16(24)10-15-13(4)20-22(14(15)5)17-18-11(2)9-12(3)19-17/h9,23H,6-8,10H2,1-5H3. The smallest absolute Gasteiger partial charge is 0.251 e. The van der Waals surface area contributed by atoms with Crippen molar-refractivity contribution < 1.29 is 9.90 Å². The zero-order valence-electron chi connectivity index (χ0n) is 15.0. The largest absolute Gasteiger partial charge is 0.395 e. The molecule has 7 heteroatoms. The zero-order chi connectivity index (χ0) is 17.9. The van der Waals surface area contributed by atoms with Crippen molar-refractivity contribution in [1.82, 2.24) is 24.6 Å². The fraction of sp³-hybridized carbons (Fsp3) is 0.529. The average molecular weight is 331 g/mol. The number of nitrogens with zero attached hydrogens (tertiary/aromatic N) is 5. The summed E-state index contributed by atoms with van der Waals surface area (Å²) in [5, 5.41) is 13.6. The van der Waals surface area contributed by atoms with Crippen LogP contribution >= 0.6 is 0 Å². The second-order valence-electron chi connectivity index (χ2n) is 5.89. The molecule has 24 heavy (non-hydrogen) atoms. The van der Waals surface area contributed by atoms with Gasteiger partial charge < -0.3 is 10.0 Å². The molecule has 2 aromatic heterocycles. The Morgan fingerprint density at radius 1 is 1.21 bits per heavy atom. The Morgan fingerprint density at radius 3 is 2.38 bits per heavy atom. The monoisotopic (exact) mass is 331 g/mol. The van der Waals surface area contributed by atoms with Crippen LogP contribution in [0.2, 0.25) is 0 Å². The molecule has 0 spiro atoms. The van der Waals surface area contributed by atoms with Crippen molar-refractivity contribution in [3.8, 4) is 5.95 Å². The first-order valence-corrected chi connectivity index (χ1v) is 8.13. The molecule has 7 nitrogen and oxygen atoms in total. The Kier molecular flexibility index (Phi) is 5.66. The molecule has 0 saturated carbocycles. The molecular weight excluding hydrogens is 306 g/mol. The van der Waals surface area contributed by atoms with Gasteiger partial charge in [0.1, 0.15) is 0 Å². The molecule has 0 fully saturated rings. The molecular formula is C17H25N5O2. The predicted molar refractivity (Wildman–Crippen MR) is 91.1 cm³/mol. The van der Waals surface area contributed by atoms with E-state index >= 15 is 0 Å². The van der Waals surface area contributed by atoms with Crippen molar-refractivity contribution >= 4 is 5.91 Å². The Bertz CT molecular complexity index is 719. The van der Waals surface area contributed by atoms with Crippen LogP contribution < -0.4 is 0 Å². The molecule has 0 aliphatic carbocycles.